The smallest absolute Gasteiger partial charge is 0.303 e. The molecule has 0 bridgehead atoms. The zero-order valence-electron chi connectivity index (χ0n) is 15.2. The Labute approximate surface area is 150 Å². The second-order valence-electron chi connectivity index (χ2n) is 6.84. The van der Waals surface area contributed by atoms with Crippen LogP contribution in [0.3, 0.4) is 0 Å². The van der Waals surface area contributed by atoms with Crippen molar-refractivity contribution in [2.45, 2.75) is 83.3 Å². The summed E-state index contributed by atoms with van der Waals surface area (Å²) in [5.41, 5.74) is 0.636. The van der Waals surface area contributed by atoms with E-state index in [-0.39, 0.29) is 24.5 Å². The lowest BCUT2D eigenvalue weighted by Crippen LogP contribution is -2.14. The highest BCUT2D eigenvalue weighted by molar-refractivity contribution is 5.98. The molecule has 1 aliphatic rings. The third kappa shape index (κ3) is 8.45. The fraction of sp³-hybridized carbons (Fsp3) is 0.700. The highest BCUT2D eigenvalue weighted by atomic mass is 16.4. The first-order chi connectivity index (χ1) is 12.0. The van der Waals surface area contributed by atoms with E-state index >= 15 is 0 Å². The van der Waals surface area contributed by atoms with Gasteiger partial charge in [0.15, 0.2) is 5.78 Å². The first-order valence-corrected chi connectivity index (χ1v) is 9.41. The molecule has 1 saturated carbocycles. The van der Waals surface area contributed by atoms with Crippen LogP contribution < -0.4 is 0 Å². The van der Waals surface area contributed by atoms with Gasteiger partial charge < -0.3 is 15.3 Å². The third-order valence-corrected chi connectivity index (χ3v) is 4.65. The van der Waals surface area contributed by atoms with Crippen molar-refractivity contribution in [3.63, 3.8) is 0 Å². The van der Waals surface area contributed by atoms with E-state index in [1.807, 2.05) is 12.2 Å². The summed E-state index contributed by atoms with van der Waals surface area (Å²) in [6.07, 6.45) is 11.1. The lowest BCUT2D eigenvalue weighted by molar-refractivity contribution is -0.137. The summed E-state index contributed by atoms with van der Waals surface area (Å²) < 4.78 is 0. The van der Waals surface area contributed by atoms with Crippen LogP contribution in [-0.4, -0.2) is 39.3 Å². The highest BCUT2D eigenvalue weighted by Gasteiger charge is 2.35. The number of hydrogen-bond acceptors (Lipinski definition) is 4. The van der Waals surface area contributed by atoms with Crippen LogP contribution in [0.2, 0.25) is 0 Å². The predicted octanol–water partition coefficient (Wildman–Crippen LogP) is 3.40. The number of carboxylic acids is 1. The Morgan fingerprint density at radius 3 is 2.72 bits per heavy atom. The molecule has 1 aliphatic carbocycles. The van der Waals surface area contributed by atoms with Gasteiger partial charge in [-0.25, -0.2) is 0 Å². The molecule has 5 heteroatoms. The molecule has 0 unspecified atom stereocenters. The molecule has 0 heterocycles. The number of Topliss-reactive ketones (excluding diaryl/α,β-unsaturated/α-hetero) is 1. The Kier molecular flexibility index (Phi) is 10.3. The SMILES string of the molecule is CCCCC[C@H](O)CC=C1C(=O)C[C@H](O)[C@@H]1CC=CCCCC(=O)O. The number of allylic oxidation sites excluding steroid dienone is 2. The van der Waals surface area contributed by atoms with Crippen LogP contribution >= 0.6 is 0 Å². The largest absolute Gasteiger partial charge is 0.481 e. The molecule has 0 aliphatic heterocycles. The Hall–Kier alpha value is -1.46. The van der Waals surface area contributed by atoms with E-state index in [0.29, 0.717) is 31.3 Å². The minimum atomic E-state index is -0.798. The number of carbonyl (C=O) groups excluding carboxylic acids is 1. The number of aliphatic hydroxyl groups excluding tert-OH is 2. The molecule has 0 spiro atoms. The average Bonchev–Trinajstić information content (AvgIpc) is 2.82. The molecule has 3 atom stereocenters. The monoisotopic (exact) mass is 352 g/mol. The van der Waals surface area contributed by atoms with Crippen LogP contribution in [0.1, 0.15) is 71.1 Å². The highest BCUT2D eigenvalue weighted by Crippen LogP contribution is 2.32. The topological polar surface area (TPSA) is 94.8 Å². The van der Waals surface area contributed by atoms with Gasteiger partial charge in [-0.2, -0.15) is 0 Å². The fourth-order valence-corrected chi connectivity index (χ4v) is 3.16. The first kappa shape index (κ1) is 21.6. The van der Waals surface area contributed by atoms with Crippen molar-refractivity contribution in [2.75, 3.05) is 0 Å². The molecule has 25 heavy (non-hydrogen) atoms. The van der Waals surface area contributed by atoms with E-state index in [1.165, 1.54) is 0 Å². The molecule has 0 aromatic carbocycles. The van der Waals surface area contributed by atoms with Crippen LogP contribution in [0.25, 0.3) is 0 Å². The molecule has 0 aromatic rings. The number of aliphatic hydroxyl groups is 2. The zero-order valence-corrected chi connectivity index (χ0v) is 15.2. The van der Waals surface area contributed by atoms with Crippen LogP contribution in [0.5, 0.6) is 0 Å². The second kappa shape index (κ2) is 12.0. The normalized spacial score (nSPS) is 23.6. The summed E-state index contributed by atoms with van der Waals surface area (Å²) in [6.45, 7) is 2.12. The van der Waals surface area contributed by atoms with Gasteiger partial charge in [0, 0.05) is 18.8 Å². The number of aliphatic carboxylic acids is 1. The Morgan fingerprint density at radius 2 is 2.04 bits per heavy atom. The molecule has 0 radical (unpaired) electrons. The molecule has 0 saturated heterocycles. The number of hydrogen-bond donors (Lipinski definition) is 3. The predicted molar refractivity (Wildman–Crippen MR) is 97.2 cm³/mol. The zero-order chi connectivity index (χ0) is 18.7. The van der Waals surface area contributed by atoms with Gasteiger partial charge in [0.05, 0.1) is 12.2 Å². The fourth-order valence-electron chi connectivity index (χ4n) is 3.16. The Balaban J connectivity index is 2.49. The van der Waals surface area contributed by atoms with Gasteiger partial charge in [-0.1, -0.05) is 44.4 Å². The van der Waals surface area contributed by atoms with E-state index in [4.69, 9.17) is 5.11 Å². The molecule has 0 amide bonds. The van der Waals surface area contributed by atoms with Crippen molar-refractivity contribution in [2.24, 2.45) is 5.92 Å². The lowest BCUT2D eigenvalue weighted by atomic mass is 9.94. The first-order valence-electron chi connectivity index (χ1n) is 9.41. The van der Waals surface area contributed by atoms with E-state index in [1.54, 1.807) is 6.08 Å². The van der Waals surface area contributed by atoms with Crippen molar-refractivity contribution in [1.29, 1.82) is 0 Å². The van der Waals surface area contributed by atoms with Gasteiger partial charge >= 0.3 is 5.97 Å². The standard InChI is InChI=1S/C20H32O5/c1-2-3-6-9-15(21)12-13-17-16(18(22)14-19(17)23)10-7-4-5-8-11-20(24)25/h4,7,13,15-16,18,21-22H,2-3,5-6,8-12,14H2,1H3,(H,24,25)/t15-,16+,18-/m0/s1. The summed E-state index contributed by atoms with van der Waals surface area (Å²) in [7, 11) is 0. The average molecular weight is 352 g/mol. The van der Waals surface area contributed by atoms with Crippen molar-refractivity contribution in [3.8, 4) is 0 Å². The second-order valence-corrected chi connectivity index (χ2v) is 6.84. The molecule has 3 N–H and O–H groups in total. The van der Waals surface area contributed by atoms with Crippen molar-refractivity contribution >= 4 is 11.8 Å². The summed E-state index contributed by atoms with van der Waals surface area (Å²) in [5, 5.41) is 28.7. The van der Waals surface area contributed by atoms with E-state index in [2.05, 4.69) is 6.92 Å². The summed E-state index contributed by atoms with van der Waals surface area (Å²) >= 11 is 0. The van der Waals surface area contributed by atoms with Crippen molar-refractivity contribution in [3.05, 3.63) is 23.8 Å². The Bertz CT molecular complexity index is 480. The molecule has 142 valence electrons. The van der Waals surface area contributed by atoms with Crippen LogP contribution in [0.15, 0.2) is 23.8 Å². The number of carbonyl (C=O) groups is 2. The quantitative estimate of drug-likeness (QED) is 0.284. The summed E-state index contributed by atoms with van der Waals surface area (Å²) in [6, 6.07) is 0. The minimum Gasteiger partial charge on any atom is -0.481 e. The molecule has 1 rings (SSSR count). The number of unbranched alkanes of at least 4 members (excludes halogenated alkanes) is 3. The van der Waals surface area contributed by atoms with E-state index < -0.39 is 18.2 Å². The number of rotatable bonds is 12. The molecule has 5 nitrogen and oxygen atoms in total. The number of carboxylic acid groups (broad SMARTS) is 1. The van der Waals surface area contributed by atoms with Gasteiger partial charge in [-0.3, -0.25) is 9.59 Å². The van der Waals surface area contributed by atoms with Gasteiger partial charge in [0.25, 0.3) is 0 Å². The summed E-state index contributed by atoms with van der Waals surface area (Å²) in [4.78, 5) is 22.5. The van der Waals surface area contributed by atoms with Crippen LogP contribution in [0, 0.1) is 5.92 Å². The number of ketones is 1. The molecule has 0 aromatic heterocycles. The van der Waals surface area contributed by atoms with Gasteiger partial charge in [0.2, 0.25) is 0 Å². The maximum atomic E-state index is 12.1. The maximum Gasteiger partial charge on any atom is 0.303 e. The lowest BCUT2D eigenvalue weighted by Gasteiger charge is -2.14. The van der Waals surface area contributed by atoms with Crippen LogP contribution in [0.4, 0.5) is 0 Å². The Morgan fingerprint density at radius 1 is 1.28 bits per heavy atom. The molecular weight excluding hydrogens is 320 g/mol. The van der Waals surface area contributed by atoms with E-state index in [0.717, 1.165) is 25.7 Å². The van der Waals surface area contributed by atoms with Gasteiger partial charge in [-0.15, -0.1) is 0 Å². The van der Waals surface area contributed by atoms with Crippen LogP contribution in [-0.2, 0) is 9.59 Å². The van der Waals surface area contributed by atoms with E-state index in [9.17, 15) is 19.8 Å². The molecule has 1 fully saturated rings. The van der Waals surface area contributed by atoms with Gasteiger partial charge in [0.1, 0.15) is 0 Å². The van der Waals surface area contributed by atoms with Gasteiger partial charge in [-0.05, 0) is 37.7 Å². The third-order valence-electron chi connectivity index (χ3n) is 4.65. The maximum absolute atomic E-state index is 12.1. The molecular formula is C20H32O5. The minimum absolute atomic E-state index is 0.0301. The van der Waals surface area contributed by atoms with Crippen molar-refractivity contribution < 1.29 is 24.9 Å². The van der Waals surface area contributed by atoms with Crippen molar-refractivity contribution in [1.82, 2.24) is 0 Å². The summed E-state index contributed by atoms with van der Waals surface area (Å²) in [5.74, 6) is -1.04.